The van der Waals surface area contributed by atoms with Gasteiger partial charge in [0, 0.05) is 5.56 Å². The molecule has 1 aromatic carbocycles. The summed E-state index contributed by atoms with van der Waals surface area (Å²) in [7, 11) is 0. The molecule has 0 aliphatic carbocycles. The van der Waals surface area contributed by atoms with Crippen LogP contribution in [0.3, 0.4) is 0 Å². The topological polar surface area (TPSA) is 38.3 Å². The molecule has 1 aliphatic rings. The molecule has 1 saturated heterocycles. The Balaban J connectivity index is 1.73. The molecule has 3 N–H and O–H groups in total. The fourth-order valence-electron chi connectivity index (χ4n) is 2.87. The molecule has 0 radical (unpaired) electrons. The number of benzene rings is 1. The number of aliphatic hydroxyl groups excluding tert-OH is 1. The van der Waals surface area contributed by atoms with Crippen LogP contribution in [0.4, 0.5) is 0 Å². The van der Waals surface area contributed by atoms with Crippen LogP contribution in [0.25, 0.3) is 0 Å². The van der Waals surface area contributed by atoms with Gasteiger partial charge in [0.1, 0.15) is 45.0 Å². The zero-order valence-corrected chi connectivity index (χ0v) is 13.2. The Morgan fingerprint density at radius 2 is 1.71 bits per heavy atom. The van der Waals surface area contributed by atoms with E-state index in [1.165, 1.54) is 38.2 Å². The molecule has 2 rings (SSSR count). The number of nitrogens with one attached hydrogen (secondary N) is 2. The van der Waals surface area contributed by atoms with Gasteiger partial charge in [0.25, 0.3) is 0 Å². The number of piperazine rings is 1. The molecule has 0 saturated carbocycles. The zero-order valence-electron chi connectivity index (χ0n) is 13.2. The minimum Gasteiger partial charge on any atom is -0.494 e. The predicted octanol–water partition coefficient (Wildman–Crippen LogP) is -0.859. The third kappa shape index (κ3) is 5.65. The first-order valence-corrected chi connectivity index (χ1v) is 8.31. The van der Waals surface area contributed by atoms with Crippen LogP contribution >= 0.6 is 0 Å². The number of ether oxygens (including phenoxy) is 1. The van der Waals surface area contributed by atoms with E-state index >= 15 is 0 Å². The number of quaternary nitrogens is 2. The van der Waals surface area contributed by atoms with Gasteiger partial charge in [0.2, 0.25) is 0 Å². The van der Waals surface area contributed by atoms with Crippen molar-refractivity contribution in [1.29, 1.82) is 0 Å². The second-order valence-corrected chi connectivity index (χ2v) is 6.00. The fraction of sp³-hybridized carbons (Fsp3) is 0.647. The normalized spacial score (nSPS) is 22.2. The summed E-state index contributed by atoms with van der Waals surface area (Å²) in [5, 5.41) is 8.98. The first kappa shape index (κ1) is 16.3. The molecule has 0 bridgehead atoms. The number of hydrogen-bond donors (Lipinski definition) is 3. The van der Waals surface area contributed by atoms with Crippen molar-refractivity contribution in [3.63, 3.8) is 0 Å². The van der Waals surface area contributed by atoms with Crippen molar-refractivity contribution in [2.24, 2.45) is 0 Å². The second kappa shape index (κ2) is 9.03. The SMILES string of the molecule is CCCCOc1ccc(C[NH+]2CC[NH+](CCO)CC2)cc1. The highest BCUT2D eigenvalue weighted by molar-refractivity contribution is 5.26. The van der Waals surface area contributed by atoms with Gasteiger partial charge in [-0.1, -0.05) is 13.3 Å². The predicted molar refractivity (Wildman–Crippen MR) is 83.9 cm³/mol. The molecule has 1 aromatic rings. The maximum Gasteiger partial charge on any atom is 0.127 e. The van der Waals surface area contributed by atoms with Gasteiger partial charge >= 0.3 is 0 Å². The lowest BCUT2D eigenvalue weighted by Crippen LogP contribution is -3.27. The number of aliphatic hydroxyl groups is 1. The maximum absolute atomic E-state index is 8.98. The summed E-state index contributed by atoms with van der Waals surface area (Å²) in [6.45, 7) is 10.0. The van der Waals surface area contributed by atoms with Crippen molar-refractivity contribution in [1.82, 2.24) is 0 Å². The van der Waals surface area contributed by atoms with E-state index in [-0.39, 0.29) is 0 Å². The molecule has 0 unspecified atom stereocenters. The minimum absolute atomic E-state index is 0.310. The summed E-state index contributed by atoms with van der Waals surface area (Å²) < 4.78 is 5.70. The molecule has 1 aliphatic heterocycles. The lowest BCUT2D eigenvalue weighted by Gasteiger charge is -2.29. The molecular weight excluding hydrogens is 264 g/mol. The molecule has 0 amide bonds. The monoisotopic (exact) mass is 294 g/mol. The van der Waals surface area contributed by atoms with Crippen molar-refractivity contribution in [2.45, 2.75) is 26.3 Å². The van der Waals surface area contributed by atoms with Crippen LogP contribution in [0.1, 0.15) is 25.3 Å². The molecule has 0 atom stereocenters. The lowest BCUT2D eigenvalue weighted by molar-refractivity contribution is -1.02. The highest BCUT2D eigenvalue weighted by Crippen LogP contribution is 2.12. The molecule has 21 heavy (non-hydrogen) atoms. The Bertz CT molecular complexity index is 386. The van der Waals surface area contributed by atoms with Crippen LogP contribution in [0, 0.1) is 0 Å². The Morgan fingerprint density at radius 1 is 1.05 bits per heavy atom. The Kier molecular flexibility index (Phi) is 7.00. The van der Waals surface area contributed by atoms with Crippen molar-refractivity contribution in [2.75, 3.05) is 45.9 Å². The van der Waals surface area contributed by atoms with Gasteiger partial charge in [-0.3, -0.25) is 0 Å². The highest BCUT2D eigenvalue weighted by atomic mass is 16.5. The van der Waals surface area contributed by atoms with E-state index in [0.29, 0.717) is 6.61 Å². The third-order valence-electron chi connectivity index (χ3n) is 4.27. The number of hydrogen-bond acceptors (Lipinski definition) is 2. The third-order valence-corrected chi connectivity index (χ3v) is 4.27. The average molecular weight is 294 g/mol. The van der Waals surface area contributed by atoms with Crippen molar-refractivity contribution < 1.29 is 19.6 Å². The van der Waals surface area contributed by atoms with Crippen LogP contribution < -0.4 is 14.5 Å². The minimum atomic E-state index is 0.310. The van der Waals surface area contributed by atoms with Crippen molar-refractivity contribution in [3.8, 4) is 5.75 Å². The Morgan fingerprint density at radius 3 is 2.33 bits per heavy atom. The molecule has 0 spiro atoms. The van der Waals surface area contributed by atoms with E-state index in [2.05, 4.69) is 31.2 Å². The quantitative estimate of drug-likeness (QED) is 0.546. The first-order valence-electron chi connectivity index (χ1n) is 8.31. The van der Waals surface area contributed by atoms with Gasteiger partial charge in [-0.05, 0) is 30.7 Å². The van der Waals surface area contributed by atoms with Crippen LogP contribution in [-0.2, 0) is 6.54 Å². The lowest BCUT2D eigenvalue weighted by atomic mass is 10.2. The van der Waals surface area contributed by atoms with Crippen LogP contribution in [0.2, 0.25) is 0 Å². The van der Waals surface area contributed by atoms with Crippen LogP contribution in [-0.4, -0.2) is 51.0 Å². The van der Waals surface area contributed by atoms with E-state index in [1.54, 1.807) is 9.80 Å². The summed E-state index contributed by atoms with van der Waals surface area (Å²) in [5.74, 6) is 0.986. The standard InChI is InChI=1S/C17H28N2O2/c1-2-3-14-21-17-6-4-16(5-7-17)15-19-10-8-18(9-11-19)12-13-20/h4-7,20H,2-3,8-15H2,1H3/p+2. The van der Waals surface area contributed by atoms with Gasteiger partial charge < -0.3 is 19.6 Å². The average Bonchev–Trinajstić information content (AvgIpc) is 2.51. The van der Waals surface area contributed by atoms with Crippen molar-refractivity contribution in [3.05, 3.63) is 29.8 Å². The molecule has 1 heterocycles. The fourth-order valence-corrected chi connectivity index (χ4v) is 2.87. The molecule has 1 fully saturated rings. The van der Waals surface area contributed by atoms with Gasteiger partial charge in [0.05, 0.1) is 13.2 Å². The van der Waals surface area contributed by atoms with E-state index in [9.17, 15) is 0 Å². The largest absolute Gasteiger partial charge is 0.494 e. The highest BCUT2D eigenvalue weighted by Gasteiger charge is 2.22. The van der Waals surface area contributed by atoms with Crippen molar-refractivity contribution >= 4 is 0 Å². The van der Waals surface area contributed by atoms with Gasteiger partial charge in [-0.15, -0.1) is 0 Å². The summed E-state index contributed by atoms with van der Waals surface area (Å²) in [6, 6.07) is 8.58. The Labute approximate surface area is 128 Å². The smallest absolute Gasteiger partial charge is 0.127 e. The molecule has 118 valence electrons. The van der Waals surface area contributed by atoms with Gasteiger partial charge in [0.15, 0.2) is 0 Å². The molecule has 4 nitrogen and oxygen atoms in total. The molecular formula is C17H30N2O2+2. The number of unbranched alkanes of at least 4 members (excludes halogenated alkanes) is 1. The zero-order chi connectivity index (χ0) is 14.9. The molecule has 0 aromatic heterocycles. The van der Waals surface area contributed by atoms with Crippen LogP contribution in [0.15, 0.2) is 24.3 Å². The van der Waals surface area contributed by atoms with Crippen LogP contribution in [0.5, 0.6) is 5.75 Å². The number of rotatable bonds is 8. The Hall–Kier alpha value is -1.10. The summed E-state index contributed by atoms with van der Waals surface area (Å²) in [5.41, 5.74) is 1.39. The summed E-state index contributed by atoms with van der Waals surface area (Å²) in [6.07, 6.45) is 2.29. The summed E-state index contributed by atoms with van der Waals surface area (Å²) >= 11 is 0. The second-order valence-electron chi connectivity index (χ2n) is 6.00. The molecule has 4 heteroatoms. The van der Waals surface area contributed by atoms with E-state index < -0.39 is 0 Å². The van der Waals surface area contributed by atoms with Gasteiger partial charge in [-0.2, -0.15) is 0 Å². The van der Waals surface area contributed by atoms with E-state index in [4.69, 9.17) is 9.84 Å². The van der Waals surface area contributed by atoms with Gasteiger partial charge in [-0.25, -0.2) is 0 Å². The van der Waals surface area contributed by atoms with E-state index in [0.717, 1.165) is 31.9 Å². The summed E-state index contributed by atoms with van der Waals surface area (Å²) in [4.78, 5) is 3.19. The maximum atomic E-state index is 8.98. The first-order chi connectivity index (χ1) is 10.3. The van der Waals surface area contributed by atoms with E-state index in [1.807, 2.05) is 0 Å².